The third-order valence-electron chi connectivity index (χ3n) is 3.30. The highest BCUT2D eigenvalue weighted by Crippen LogP contribution is 2.18. The molecule has 5 nitrogen and oxygen atoms in total. The van der Waals surface area contributed by atoms with Crippen LogP contribution in [-0.4, -0.2) is 21.1 Å². The van der Waals surface area contributed by atoms with Crippen LogP contribution in [0.25, 0.3) is 0 Å². The molecule has 110 valence electrons. The van der Waals surface area contributed by atoms with Gasteiger partial charge < -0.3 is 4.74 Å². The van der Waals surface area contributed by atoms with Crippen molar-refractivity contribution in [3.05, 3.63) is 77.9 Å². The van der Waals surface area contributed by atoms with Gasteiger partial charge in [-0.05, 0) is 30.2 Å². The molecule has 0 N–H and O–H groups in total. The van der Waals surface area contributed by atoms with E-state index in [1.54, 1.807) is 6.21 Å². The Hall–Kier alpha value is -2.95. The summed E-state index contributed by atoms with van der Waals surface area (Å²) in [6.07, 6.45) is 4.80. The summed E-state index contributed by atoms with van der Waals surface area (Å²) >= 11 is 0. The second kappa shape index (κ2) is 6.67. The summed E-state index contributed by atoms with van der Waals surface area (Å²) in [5, 5.41) is 11.7. The smallest absolute Gasteiger partial charge is 0.141 e. The van der Waals surface area contributed by atoms with Gasteiger partial charge in [0.15, 0.2) is 0 Å². The van der Waals surface area contributed by atoms with Crippen molar-refractivity contribution >= 4 is 6.21 Å². The van der Waals surface area contributed by atoms with Crippen LogP contribution in [0.5, 0.6) is 5.75 Å². The molecule has 0 aliphatic rings. The Balaban J connectivity index is 1.75. The summed E-state index contributed by atoms with van der Waals surface area (Å²) in [6, 6.07) is 16.0. The number of ether oxygens (including phenoxy) is 1. The van der Waals surface area contributed by atoms with Crippen LogP contribution < -0.4 is 4.74 Å². The number of aryl methyl sites for hydroxylation is 1. The van der Waals surface area contributed by atoms with Crippen molar-refractivity contribution in [3.63, 3.8) is 0 Å². The van der Waals surface area contributed by atoms with Gasteiger partial charge in [0, 0.05) is 5.56 Å². The molecule has 0 fully saturated rings. The van der Waals surface area contributed by atoms with E-state index in [1.165, 1.54) is 28.5 Å². The molecule has 0 radical (unpaired) electrons. The summed E-state index contributed by atoms with van der Waals surface area (Å²) in [4.78, 5) is 0. The first-order valence-electron chi connectivity index (χ1n) is 6.98. The Labute approximate surface area is 128 Å². The minimum absolute atomic E-state index is 0.532. The highest BCUT2D eigenvalue weighted by atomic mass is 16.5. The van der Waals surface area contributed by atoms with Crippen molar-refractivity contribution in [3.8, 4) is 5.75 Å². The third kappa shape index (κ3) is 3.38. The van der Waals surface area contributed by atoms with Crippen molar-refractivity contribution in [1.29, 1.82) is 0 Å². The third-order valence-corrected chi connectivity index (χ3v) is 3.30. The lowest BCUT2D eigenvalue weighted by atomic mass is 10.1. The van der Waals surface area contributed by atoms with Crippen LogP contribution in [0, 0.1) is 6.92 Å². The molecule has 3 aromatic rings. The number of nitrogens with zero attached hydrogens (tertiary/aromatic N) is 4. The SMILES string of the molecule is Cc1ccccc1COc1ccccc1/C=N/n1cnnc1. The number of benzene rings is 2. The molecule has 2 aromatic carbocycles. The Kier molecular flexibility index (Phi) is 4.25. The molecular formula is C17H16N4O. The van der Waals surface area contributed by atoms with Crippen LogP contribution in [0.1, 0.15) is 16.7 Å². The van der Waals surface area contributed by atoms with Crippen molar-refractivity contribution in [2.45, 2.75) is 13.5 Å². The molecule has 0 bridgehead atoms. The molecule has 0 aliphatic carbocycles. The Bertz CT molecular complexity index is 766. The van der Waals surface area contributed by atoms with Gasteiger partial charge in [-0.15, -0.1) is 10.2 Å². The van der Waals surface area contributed by atoms with E-state index in [-0.39, 0.29) is 0 Å². The fourth-order valence-electron chi connectivity index (χ4n) is 2.03. The average Bonchev–Trinajstić information content (AvgIpc) is 3.06. The largest absolute Gasteiger partial charge is 0.488 e. The van der Waals surface area contributed by atoms with Crippen molar-refractivity contribution in [1.82, 2.24) is 14.9 Å². The second-order valence-electron chi connectivity index (χ2n) is 4.84. The quantitative estimate of drug-likeness (QED) is 0.679. The molecule has 0 saturated carbocycles. The van der Waals surface area contributed by atoms with Crippen molar-refractivity contribution in [2.75, 3.05) is 0 Å². The zero-order valence-electron chi connectivity index (χ0n) is 12.3. The molecule has 0 aliphatic heterocycles. The first-order chi connectivity index (χ1) is 10.8. The lowest BCUT2D eigenvalue weighted by molar-refractivity contribution is 0.305. The average molecular weight is 292 g/mol. The fraction of sp³-hybridized carbons (Fsp3) is 0.118. The van der Waals surface area contributed by atoms with Crippen LogP contribution >= 0.6 is 0 Å². The van der Waals surface area contributed by atoms with E-state index in [9.17, 15) is 0 Å². The zero-order chi connectivity index (χ0) is 15.2. The van der Waals surface area contributed by atoms with E-state index in [0.29, 0.717) is 6.61 Å². The van der Waals surface area contributed by atoms with Gasteiger partial charge in [0.25, 0.3) is 0 Å². The number of aromatic nitrogens is 3. The van der Waals surface area contributed by atoms with Gasteiger partial charge in [0.05, 0.1) is 6.21 Å². The van der Waals surface area contributed by atoms with E-state index in [2.05, 4.69) is 34.4 Å². The maximum absolute atomic E-state index is 5.94. The summed E-state index contributed by atoms with van der Waals surface area (Å²) in [5.74, 6) is 0.794. The minimum atomic E-state index is 0.532. The highest BCUT2D eigenvalue weighted by molar-refractivity contribution is 5.83. The summed E-state index contributed by atoms with van der Waals surface area (Å²) in [7, 11) is 0. The Morgan fingerprint density at radius 2 is 1.77 bits per heavy atom. The molecule has 5 heteroatoms. The minimum Gasteiger partial charge on any atom is -0.488 e. The molecule has 1 aromatic heterocycles. The van der Waals surface area contributed by atoms with Crippen LogP contribution in [0.3, 0.4) is 0 Å². The molecule has 0 unspecified atom stereocenters. The van der Waals surface area contributed by atoms with E-state index in [0.717, 1.165) is 11.3 Å². The second-order valence-corrected chi connectivity index (χ2v) is 4.84. The maximum atomic E-state index is 5.94. The highest BCUT2D eigenvalue weighted by Gasteiger charge is 2.03. The molecule has 0 atom stereocenters. The summed E-state index contributed by atoms with van der Waals surface area (Å²) in [6.45, 7) is 2.61. The normalized spacial score (nSPS) is 11.0. The molecular weight excluding hydrogens is 276 g/mol. The van der Waals surface area contributed by atoms with Gasteiger partial charge in [0.1, 0.15) is 25.0 Å². The van der Waals surface area contributed by atoms with Gasteiger partial charge in [0.2, 0.25) is 0 Å². The lowest BCUT2D eigenvalue weighted by Crippen LogP contribution is -2.00. The van der Waals surface area contributed by atoms with Gasteiger partial charge in [-0.25, -0.2) is 4.68 Å². The summed E-state index contributed by atoms with van der Waals surface area (Å²) in [5.41, 5.74) is 3.30. The van der Waals surface area contributed by atoms with Gasteiger partial charge in [-0.1, -0.05) is 36.4 Å². The first-order valence-corrected chi connectivity index (χ1v) is 6.98. The fourth-order valence-corrected chi connectivity index (χ4v) is 2.03. The monoisotopic (exact) mass is 292 g/mol. The molecule has 1 heterocycles. The van der Waals surface area contributed by atoms with Gasteiger partial charge >= 0.3 is 0 Å². The van der Waals surface area contributed by atoms with E-state index >= 15 is 0 Å². The number of hydrogen-bond acceptors (Lipinski definition) is 4. The van der Waals surface area contributed by atoms with Crippen LogP contribution in [0.15, 0.2) is 66.3 Å². The molecule has 0 spiro atoms. The zero-order valence-corrected chi connectivity index (χ0v) is 12.3. The molecule has 0 amide bonds. The molecule has 3 rings (SSSR count). The number of para-hydroxylation sites is 1. The number of rotatable bonds is 5. The maximum Gasteiger partial charge on any atom is 0.141 e. The predicted molar refractivity (Wildman–Crippen MR) is 85.0 cm³/mol. The lowest BCUT2D eigenvalue weighted by Gasteiger charge is -2.10. The predicted octanol–water partition coefficient (Wildman–Crippen LogP) is 3.05. The van der Waals surface area contributed by atoms with E-state index < -0.39 is 0 Å². The van der Waals surface area contributed by atoms with E-state index in [4.69, 9.17) is 4.74 Å². The Morgan fingerprint density at radius 1 is 1.05 bits per heavy atom. The van der Waals surface area contributed by atoms with Gasteiger partial charge in [-0.2, -0.15) is 5.10 Å². The standard InChI is InChI=1S/C17H16N4O/c1-14-6-2-3-8-16(14)11-22-17-9-5-4-7-15(17)10-20-21-12-18-19-13-21/h2-10,12-13H,11H2,1H3/b20-10+. The topological polar surface area (TPSA) is 52.3 Å². The van der Waals surface area contributed by atoms with Crippen LogP contribution in [0.2, 0.25) is 0 Å². The van der Waals surface area contributed by atoms with Crippen molar-refractivity contribution in [2.24, 2.45) is 5.10 Å². The van der Waals surface area contributed by atoms with Crippen LogP contribution in [0.4, 0.5) is 0 Å². The summed E-state index contributed by atoms with van der Waals surface area (Å²) < 4.78 is 7.48. The first kappa shape index (κ1) is 14.0. The van der Waals surface area contributed by atoms with Crippen LogP contribution in [-0.2, 0) is 6.61 Å². The molecule has 0 saturated heterocycles. The van der Waals surface area contributed by atoms with Crippen molar-refractivity contribution < 1.29 is 4.74 Å². The van der Waals surface area contributed by atoms with E-state index in [1.807, 2.05) is 36.4 Å². The molecule has 22 heavy (non-hydrogen) atoms. The Morgan fingerprint density at radius 3 is 2.59 bits per heavy atom. The van der Waals surface area contributed by atoms with Gasteiger partial charge in [-0.3, -0.25) is 0 Å². The number of hydrogen-bond donors (Lipinski definition) is 0.